The lowest BCUT2D eigenvalue weighted by atomic mass is 9.95. The van der Waals surface area contributed by atoms with E-state index >= 15 is 0 Å². The van der Waals surface area contributed by atoms with Crippen molar-refractivity contribution in [2.45, 2.75) is 26.3 Å². The molecule has 0 amide bonds. The molecule has 0 radical (unpaired) electrons. The zero-order valence-corrected chi connectivity index (χ0v) is 10.9. The molecule has 1 rings (SSSR count). The molecule has 0 aliphatic rings. The average Bonchev–Trinajstić information content (AvgIpc) is 2.22. The van der Waals surface area contributed by atoms with Gasteiger partial charge in [-0.05, 0) is 59.9 Å². The van der Waals surface area contributed by atoms with Gasteiger partial charge in [0, 0.05) is 6.04 Å². The maximum atomic E-state index is 13.0. The molecule has 0 heterocycles. The molecule has 0 aliphatic heterocycles. The molecule has 0 aliphatic carbocycles. The molecule has 0 saturated heterocycles. The highest BCUT2D eigenvalue weighted by molar-refractivity contribution is 9.10. The Morgan fingerprint density at radius 3 is 2.60 bits per heavy atom. The maximum Gasteiger partial charge on any atom is 0.137 e. The number of hydrogen-bond acceptors (Lipinski definition) is 1. The minimum absolute atomic E-state index is 0.201. The zero-order valence-electron chi connectivity index (χ0n) is 9.35. The third-order valence-electron chi connectivity index (χ3n) is 2.85. The Morgan fingerprint density at radius 2 is 2.07 bits per heavy atom. The van der Waals surface area contributed by atoms with Crippen molar-refractivity contribution in [1.82, 2.24) is 5.32 Å². The molecule has 2 unspecified atom stereocenters. The molecule has 0 fully saturated rings. The van der Waals surface area contributed by atoms with E-state index in [2.05, 4.69) is 35.1 Å². The largest absolute Gasteiger partial charge is 0.317 e. The molecule has 3 heteroatoms. The van der Waals surface area contributed by atoms with Crippen LogP contribution in [0, 0.1) is 11.7 Å². The van der Waals surface area contributed by atoms with E-state index in [1.807, 2.05) is 19.2 Å². The van der Waals surface area contributed by atoms with E-state index in [1.54, 1.807) is 0 Å². The molecule has 1 aromatic carbocycles. The van der Waals surface area contributed by atoms with Crippen LogP contribution >= 0.6 is 15.9 Å². The highest BCUT2D eigenvalue weighted by Crippen LogP contribution is 2.19. The van der Waals surface area contributed by atoms with E-state index in [0.717, 1.165) is 12.0 Å². The second-order valence-corrected chi connectivity index (χ2v) is 4.86. The van der Waals surface area contributed by atoms with Gasteiger partial charge in [0.2, 0.25) is 0 Å². The van der Waals surface area contributed by atoms with Crippen LogP contribution in [0.2, 0.25) is 0 Å². The van der Waals surface area contributed by atoms with Crippen LogP contribution in [-0.4, -0.2) is 13.1 Å². The van der Waals surface area contributed by atoms with Gasteiger partial charge in [-0.25, -0.2) is 4.39 Å². The number of nitrogens with one attached hydrogen (secondary N) is 1. The summed E-state index contributed by atoms with van der Waals surface area (Å²) in [7, 11) is 1.96. The van der Waals surface area contributed by atoms with Crippen molar-refractivity contribution in [2.75, 3.05) is 7.05 Å². The average molecular weight is 274 g/mol. The molecule has 0 saturated carbocycles. The molecule has 1 aromatic rings. The van der Waals surface area contributed by atoms with Crippen LogP contribution < -0.4 is 5.32 Å². The fourth-order valence-electron chi connectivity index (χ4n) is 1.50. The van der Waals surface area contributed by atoms with Crippen LogP contribution in [0.5, 0.6) is 0 Å². The zero-order chi connectivity index (χ0) is 11.4. The molecule has 1 nitrogen and oxygen atoms in total. The van der Waals surface area contributed by atoms with Crippen molar-refractivity contribution >= 4 is 15.9 Å². The molecule has 0 aromatic heterocycles. The van der Waals surface area contributed by atoms with E-state index in [1.165, 1.54) is 6.07 Å². The Kier molecular flexibility index (Phi) is 4.74. The van der Waals surface area contributed by atoms with E-state index in [9.17, 15) is 4.39 Å². The van der Waals surface area contributed by atoms with Gasteiger partial charge >= 0.3 is 0 Å². The predicted octanol–water partition coefficient (Wildman–Crippen LogP) is 3.37. The lowest BCUT2D eigenvalue weighted by molar-refractivity contribution is 0.423. The maximum absolute atomic E-state index is 13.0. The lowest BCUT2D eigenvalue weighted by Gasteiger charge is -2.19. The van der Waals surface area contributed by atoms with Gasteiger partial charge in [-0.1, -0.05) is 13.0 Å². The third-order valence-corrected chi connectivity index (χ3v) is 3.46. The summed E-state index contributed by atoms with van der Waals surface area (Å²) < 4.78 is 13.5. The van der Waals surface area contributed by atoms with Crippen LogP contribution in [0.25, 0.3) is 0 Å². The molecular formula is C12H17BrFN. The van der Waals surface area contributed by atoms with Crippen LogP contribution in [0.15, 0.2) is 22.7 Å². The predicted molar refractivity (Wildman–Crippen MR) is 65.5 cm³/mol. The summed E-state index contributed by atoms with van der Waals surface area (Å²) in [6, 6.07) is 5.68. The van der Waals surface area contributed by atoms with E-state index < -0.39 is 0 Å². The topological polar surface area (TPSA) is 12.0 Å². The summed E-state index contributed by atoms with van der Waals surface area (Å²) in [6.07, 6.45) is 0.959. The quantitative estimate of drug-likeness (QED) is 0.887. The first-order valence-corrected chi connectivity index (χ1v) is 5.95. The van der Waals surface area contributed by atoms with Gasteiger partial charge in [-0.3, -0.25) is 0 Å². The Balaban J connectivity index is 2.68. The van der Waals surface area contributed by atoms with E-state index in [4.69, 9.17) is 0 Å². The normalized spacial score (nSPS) is 15.0. The van der Waals surface area contributed by atoms with Crippen molar-refractivity contribution in [3.05, 3.63) is 34.1 Å². The molecule has 15 heavy (non-hydrogen) atoms. The minimum atomic E-state index is -0.201. The third kappa shape index (κ3) is 3.58. The van der Waals surface area contributed by atoms with Crippen LogP contribution in [0.3, 0.4) is 0 Å². The summed E-state index contributed by atoms with van der Waals surface area (Å²) in [5.41, 5.74) is 1.16. The fourth-order valence-corrected chi connectivity index (χ4v) is 1.93. The van der Waals surface area contributed by atoms with Gasteiger partial charge in [-0.2, -0.15) is 0 Å². The first-order chi connectivity index (χ1) is 7.04. The minimum Gasteiger partial charge on any atom is -0.317 e. The fraction of sp³-hybridized carbons (Fsp3) is 0.500. The van der Waals surface area contributed by atoms with Gasteiger partial charge < -0.3 is 5.32 Å². The highest BCUT2D eigenvalue weighted by atomic mass is 79.9. The molecule has 84 valence electrons. The van der Waals surface area contributed by atoms with Gasteiger partial charge in [0.15, 0.2) is 0 Å². The lowest BCUT2D eigenvalue weighted by Crippen LogP contribution is -2.29. The summed E-state index contributed by atoms with van der Waals surface area (Å²) in [5.74, 6) is 0.334. The number of benzene rings is 1. The number of halogens is 2. The Labute approximate surface area is 99.2 Å². The highest BCUT2D eigenvalue weighted by Gasteiger charge is 2.11. The molecule has 0 spiro atoms. The molecular weight excluding hydrogens is 257 g/mol. The first kappa shape index (κ1) is 12.7. The van der Waals surface area contributed by atoms with Gasteiger partial charge in [0.05, 0.1) is 4.47 Å². The molecule has 1 N–H and O–H groups in total. The summed E-state index contributed by atoms with van der Waals surface area (Å²) in [5, 5.41) is 3.23. The summed E-state index contributed by atoms with van der Waals surface area (Å²) >= 11 is 3.20. The first-order valence-electron chi connectivity index (χ1n) is 5.15. The van der Waals surface area contributed by atoms with Crippen molar-refractivity contribution in [1.29, 1.82) is 0 Å². The van der Waals surface area contributed by atoms with Crippen LogP contribution in [-0.2, 0) is 6.42 Å². The Hall–Kier alpha value is -0.410. The van der Waals surface area contributed by atoms with E-state index in [0.29, 0.717) is 16.4 Å². The standard InChI is InChI=1S/C12H17BrFN/c1-8(9(2)15-3)6-10-4-5-12(14)11(13)7-10/h4-5,7-9,15H,6H2,1-3H3. The SMILES string of the molecule is CNC(C)C(C)Cc1ccc(F)c(Br)c1. The summed E-state index contributed by atoms with van der Waals surface area (Å²) in [6.45, 7) is 4.35. The Morgan fingerprint density at radius 1 is 1.40 bits per heavy atom. The molecule has 2 atom stereocenters. The van der Waals surface area contributed by atoms with Crippen molar-refractivity contribution in [2.24, 2.45) is 5.92 Å². The number of rotatable bonds is 4. The second kappa shape index (κ2) is 5.61. The Bertz CT molecular complexity index is 327. The van der Waals surface area contributed by atoms with Gasteiger partial charge in [0.25, 0.3) is 0 Å². The van der Waals surface area contributed by atoms with Crippen molar-refractivity contribution in [3.8, 4) is 0 Å². The van der Waals surface area contributed by atoms with E-state index in [-0.39, 0.29) is 5.82 Å². The summed E-state index contributed by atoms with van der Waals surface area (Å²) in [4.78, 5) is 0. The van der Waals surface area contributed by atoms with Crippen LogP contribution in [0.1, 0.15) is 19.4 Å². The molecule has 0 bridgehead atoms. The van der Waals surface area contributed by atoms with Gasteiger partial charge in [-0.15, -0.1) is 0 Å². The monoisotopic (exact) mass is 273 g/mol. The smallest absolute Gasteiger partial charge is 0.137 e. The second-order valence-electron chi connectivity index (χ2n) is 4.01. The van der Waals surface area contributed by atoms with Gasteiger partial charge in [0.1, 0.15) is 5.82 Å². The van der Waals surface area contributed by atoms with Crippen molar-refractivity contribution < 1.29 is 4.39 Å². The number of hydrogen-bond donors (Lipinski definition) is 1. The van der Waals surface area contributed by atoms with Crippen LogP contribution in [0.4, 0.5) is 4.39 Å². The van der Waals surface area contributed by atoms with Crippen molar-refractivity contribution in [3.63, 3.8) is 0 Å².